The van der Waals surface area contributed by atoms with E-state index in [2.05, 4.69) is 10.6 Å². The number of hydrogen-bond donors (Lipinski definition) is 2. The summed E-state index contributed by atoms with van der Waals surface area (Å²) in [7, 11) is 0. The van der Waals surface area contributed by atoms with Gasteiger partial charge in [-0.2, -0.15) is 0 Å². The third-order valence-corrected chi connectivity index (χ3v) is 2.21. The molecule has 0 bridgehead atoms. The van der Waals surface area contributed by atoms with Gasteiger partial charge in [-0.3, -0.25) is 14.7 Å². The normalized spacial score (nSPS) is 22.9. The highest BCUT2D eigenvalue weighted by Gasteiger charge is 2.13. The largest absolute Gasteiger partial charge is 0.312 e. The second-order valence-corrected chi connectivity index (χ2v) is 3.12. The van der Waals surface area contributed by atoms with Gasteiger partial charge in [0.2, 0.25) is 0 Å². The van der Waals surface area contributed by atoms with E-state index in [1.807, 2.05) is 12.3 Å². The molecule has 0 saturated carbocycles. The Morgan fingerprint density at radius 2 is 2.31 bits per heavy atom. The Labute approximate surface area is 76.6 Å². The molecule has 1 unspecified atom stereocenters. The van der Waals surface area contributed by atoms with Crippen molar-refractivity contribution in [2.45, 2.75) is 6.17 Å². The van der Waals surface area contributed by atoms with Gasteiger partial charge in [-0.05, 0) is 6.07 Å². The first-order chi connectivity index (χ1) is 6.38. The number of nitrogens with zero attached hydrogens (tertiary/aromatic N) is 1. The topological polar surface area (TPSA) is 46.1 Å². The summed E-state index contributed by atoms with van der Waals surface area (Å²) in [5.74, 6) is 0. The van der Waals surface area contributed by atoms with E-state index in [9.17, 15) is 4.79 Å². The minimum atomic E-state index is 0.0451. The van der Waals surface area contributed by atoms with E-state index in [0.717, 1.165) is 19.6 Å². The molecule has 1 aromatic heterocycles. The lowest BCUT2D eigenvalue weighted by Crippen LogP contribution is -2.47. The number of piperazine rings is 1. The second-order valence-electron chi connectivity index (χ2n) is 3.12. The van der Waals surface area contributed by atoms with Crippen molar-refractivity contribution in [1.29, 1.82) is 0 Å². The quantitative estimate of drug-likeness (QED) is 0.613. The summed E-state index contributed by atoms with van der Waals surface area (Å²) in [5, 5.41) is 6.51. The molecule has 1 aliphatic rings. The zero-order valence-corrected chi connectivity index (χ0v) is 7.36. The minimum absolute atomic E-state index is 0.0451. The van der Waals surface area contributed by atoms with Crippen LogP contribution in [-0.4, -0.2) is 24.2 Å². The van der Waals surface area contributed by atoms with E-state index in [1.165, 1.54) is 0 Å². The first kappa shape index (κ1) is 8.47. The highest BCUT2D eigenvalue weighted by molar-refractivity contribution is 4.95. The van der Waals surface area contributed by atoms with Gasteiger partial charge in [0.1, 0.15) is 0 Å². The fourth-order valence-corrected chi connectivity index (χ4v) is 1.53. The fraction of sp³-hybridized carbons (Fsp3) is 0.444. The van der Waals surface area contributed by atoms with Crippen LogP contribution >= 0.6 is 0 Å². The molecule has 4 heteroatoms. The maximum Gasteiger partial charge on any atom is 0.251 e. The monoisotopic (exact) mass is 179 g/mol. The van der Waals surface area contributed by atoms with Crippen LogP contribution in [0, 0.1) is 0 Å². The van der Waals surface area contributed by atoms with Gasteiger partial charge in [0.05, 0.1) is 6.17 Å². The summed E-state index contributed by atoms with van der Waals surface area (Å²) in [4.78, 5) is 11.4. The Hall–Kier alpha value is -1.13. The number of rotatable bonds is 1. The van der Waals surface area contributed by atoms with E-state index >= 15 is 0 Å². The summed E-state index contributed by atoms with van der Waals surface area (Å²) in [6, 6.07) is 5.21. The summed E-state index contributed by atoms with van der Waals surface area (Å²) in [6.07, 6.45) is 1.91. The SMILES string of the molecule is O=c1ccccn1C1CNCCN1. The van der Waals surface area contributed by atoms with Crippen molar-refractivity contribution >= 4 is 0 Å². The van der Waals surface area contributed by atoms with Gasteiger partial charge in [-0.15, -0.1) is 0 Å². The maximum absolute atomic E-state index is 11.4. The molecule has 4 nitrogen and oxygen atoms in total. The molecular weight excluding hydrogens is 166 g/mol. The van der Waals surface area contributed by atoms with E-state index in [-0.39, 0.29) is 11.7 Å². The first-order valence-corrected chi connectivity index (χ1v) is 4.49. The zero-order valence-electron chi connectivity index (χ0n) is 7.36. The molecule has 0 aliphatic carbocycles. The van der Waals surface area contributed by atoms with Crippen molar-refractivity contribution in [3.63, 3.8) is 0 Å². The molecule has 0 amide bonds. The van der Waals surface area contributed by atoms with Gasteiger partial charge in [-0.25, -0.2) is 0 Å². The highest BCUT2D eigenvalue weighted by atomic mass is 16.1. The smallest absolute Gasteiger partial charge is 0.251 e. The number of nitrogens with one attached hydrogen (secondary N) is 2. The van der Waals surface area contributed by atoms with Crippen molar-refractivity contribution in [1.82, 2.24) is 15.2 Å². The van der Waals surface area contributed by atoms with Gasteiger partial charge in [0.15, 0.2) is 0 Å². The Morgan fingerprint density at radius 1 is 1.38 bits per heavy atom. The standard InChI is InChI=1S/C9H13N3O/c13-9-3-1-2-6-12(9)8-7-10-4-5-11-8/h1-3,6,8,10-11H,4-5,7H2. The third-order valence-electron chi connectivity index (χ3n) is 2.21. The molecular formula is C9H13N3O. The molecule has 0 radical (unpaired) electrons. The summed E-state index contributed by atoms with van der Waals surface area (Å²) < 4.78 is 1.71. The van der Waals surface area contributed by atoms with Crippen LogP contribution in [0.25, 0.3) is 0 Å². The second kappa shape index (κ2) is 3.72. The Kier molecular flexibility index (Phi) is 2.42. The van der Waals surface area contributed by atoms with Crippen LogP contribution in [0.1, 0.15) is 6.17 Å². The van der Waals surface area contributed by atoms with Crippen molar-refractivity contribution in [3.8, 4) is 0 Å². The Bertz CT molecular complexity index is 328. The number of pyridine rings is 1. The van der Waals surface area contributed by atoms with Gasteiger partial charge < -0.3 is 5.32 Å². The van der Waals surface area contributed by atoms with Crippen molar-refractivity contribution in [2.75, 3.05) is 19.6 Å². The van der Waals surface area contributed by atoms with Crippen LogP contribution < -0.4 is 16.2 Å². The lowest BCUT2D eigenvalue weighted by atomic mass is 10.3. The van der Waals surface area contributed by atoms with Gasteiger partial charge in [-0.1, -0.05) is 6.07 Å². The predicted molar refractivity (Wildman–Crippen MR) is 50.6 cm³/mol. The first-order valence-electron chi connectivity index (χ1n) is 4.49. The van der Waals surface area contributed by atoms with Gasteiger partial charge in [0, 0.05) is 31.9 Å². The lowest BCUT2D eigenvalue weighted by Gasteiger charge is -2.26. The van der Waals surface area contributed by atoms with E-state index in [0.29, 0.717) is 0 Å². The van der Waals surface area contributed by atoms with Crippen LogP contribution in [-0.2, 0) is 0 Å². The average Bonchev–Trinajstić information content (AvgIpc) is 2.20. The Balaban J connectivity index is 2.24. The van der Waals surface area contributed by atoms with E-state index < -0.39 is 0 Å². The molecule has 2 heterocycles. The summed E-state index contributed by atoms with van der Waals surface area (Å²) in [6.45, 7) is 2.69. The minimum Gasteiger partial charge on any atom is -0.312 e. The van der Waals surface area contributed by atoms with Crippen molar-refractivity contribution in [3.05, 3.63) is 34.7 Å². The molecule has 13 heavy (non-hydrogen) atoms. The molecule has 2 N–H and O–H groups in total. The predicted octanol–water partition coefficient (Wildman–Crippen LogP) is -0.460. The molecule has 1 aromatic rings. The number of hydrogen-bond acceptors (Lipinski definition) is 3. The molecule has 70 valence electrons. The van der Waals surface area contributed by atoms with Crippen LogP contribution in [0.15, 0.2) is 29.2 Å². The molecule has 1 saturated heterocycles. The van der Waals surface area contributed by atoms with Gasteiger partial charge in [0.25, 0.3) is 5.56 Å². The van der Waals surface area contributed by atoms with Crippen LogP contribution in [0.5, 0.6) is 0 Å². The van der Waals surface area contributed by atoms with Crippen LogP contribution in [0.4, 0.5) is 0 Å². The summed E-state index contributed by atoms with van der Waals surface area (Å²) >= 11 is 0. The van der Waals surface area contributed by atoms with Crippen molar-refractivity contribution < 1.29 is 0 Å². The van der Waals surface area contributed by atoms with Crippen molar-refractivity contribution in [2.24, 2.45) is 0 Å². The molecule has 1 fully saturated rings. The number of aromatic nitrogens is 1. The van der Waals surface area contributed by atoms with E-state index in [1.54, 1.807) is 16.7 Å². The molecule has 2 rings (SSSR count). The highest BCUT2D eigenvalue weighted by Crippen LogP contribution is 1.98. The Morgan fingerprint density at radius 3 is 3.00 bits per heavy atom. The fourth-order valence-electron chi connectivity index (χ4n) is 1.53. The average molecular weight is 179 g/mol. The lowest BCUT2D eigenvalue weighted by molar-refractivity contribution is 0.331. The maximum atomic E-state index is 11.4. The zero-order chi connectivity index (χ0) is 9.10. The van der Waals surface area contributed by atoms with Crippen LogP contribution in [0.2, 0.25) is 0 Å². The summed E-state index contributed by atoms with van der Waals surface area (Å²) in [5.41, 5.74) is 0.0451. The molecule has 0 aromatic carbocycles. The third kappa shape index (κ3) is 1.79. The van der Waals surface area contributed by atoms with Crippen LogP contribution in [0.3, 0.4) is 0 Å². The van der Waals surface area contributed by atoms with Gasteiger partial charge >= 0.3 is 0 Å². The molecule has 1 atom stereocenters. The molecule has 0 spiro atoms. The molecule has 1 aliphatic heterocycles. The van der Waals surface area contributed by atoms with E-state index in [4.69, 9.17) is 0 Å².